The van der Waals surface area contributed by atoms with Gasteiger partial charge in [-0.1, -0.05) is 0 Å². The average molecular weight is 181 g/mol. The summed E-state index contributed by atoms with van der Waals surface area (Å²) in [4.78, 5) is 22.0. The minimum absolute atomic E-state index is 0.199. The van der Waals surface area contributed by atoms with Crippen LogP contribution in [0.15, 0.2) is 0 Å². The monoisotopic (exact) mass is 181 g/mol. The van der Waals surface area contributed by atoms with Gasteiger partial charge in [0.25, 0.3) is 0 Å². The Morgan fingerprint density at radius 1 is 1.31 bits per heavy atom. The lowest BCUT2D eigenvalue weighted by molar-refractivity contribution is -0.131. The van der Waals surface area contributed by atoms with E-state index < -0.39 is 0 Å². The van der Waals surface area contributed by atoms with Gasteiger partial charge in [0.1, 0.15) is 6.29 Å². The Hall–Kier alpha value is -0.860. The number of nitrogens with one attached hydrogen (secondary N) is 1. The topological polar surface area (TPSA) is 46.2 Å². The van der Waals surface area contributed by atoms with Gasteiger partial charge in [0.05, 0.1) is 0 Å². The van der Waals surface area contributed by atoms with E-state index in [0.717, 1.165) is 38.5 Å². The lowest BCUT2D eigenvalue weighted by Crippen LogP contribution is -2.44. The van der Waals surface area contributed by atoms with E-state index in [9.17, 15) is 9.59 Å². The summed E-state index contributed by atoms with van der Waals surface area (Å²) in [5, 5.41) is 2.89. The van der Waals surface area contributed by atoms with Gasteiger partial charge in [-0.2, -0.15) is 0 Å². The van der Waals surface area contributed by atoms with Crippen molar-refractivity contribution in [3.05, 3.63) is 0 Å². The first-order valence-corrected chi connectivity index (χ1v) is 5.04. The van der Waals surface area contributed by atoms with Gasteiger partial charge in [0, 0.05) is 18.4 Å². The quantitative estimate of drug-likeness (QED) is 0.606. The largest absolute Gasteiger partial charge is 0.356 e. The normalized spacial score (nSPS) is 39.1. The predicted molar refractivity (Wildman–Crippen MR) is 48.0 cm³/mol. The molecule has 2 rings (SSSR count). The molecule has 1 amide bonds. The number of piperidine rings is 1. The molecule has 3 heteroatoms. The van der Waals surface area contributed by atoms with Crippen LogP contribution in [0.5, 0.6) is 0 Å². The Kier molecular flexibility index (Phi) is 2.34. The van der Waals surface area contributed by atoms with Crippen molar-refractivity contribution in [2.75, 3.05) is 6.54 Å². The number of carbonyl (C=O) groups excluding carboxylic acids is 2. The van der Waals surface area contributed by atoms with Crippen molar-refractivity contribution in [1.82, 2.24) is 5.32 Å². The van der Waals surface area contributed by atoms with Gasteiger partial charge in [0.15, 0.2) is 0 Å². The first kappa shape index (κ1) is 8.73. The van der Waals surface area contributed by atoms with Crippen molar-refractivity contribution >= 4 is 12.2 Å². The van der Waals surface area contributed by atoms with E-state index in [0.29, 0.717) is 5.92 Å². The van der Waals surface area contributed by atoms with Crippen LogP contribution in [0.25, 0.3) is 0 Å². The van der Waals surface area contributed by atoms with Crippen LogP contribution in [0.2, 0.25) is 0 Å². The number of rotatable bonds is 1. The molecule has 2 fully saturated rings. The molecule has 0 bridgehead atoms. The molecule has 0 aromatic rings. The van der Waals surface area contributed by atoms with Crippen molar-refractivity contribution in [3.8, 4) is 0 Å². The summed E-state index contributed by atoms with van der Waals surface area (Å²) < 4.78 is 0. The van der Waals surface area contributed by atoms with Crippen molar-refractivity contribution in [2.45, 2.75) is 25.7 Å². The zero-order valence-electron chi connectivity index (χ0n) is 7.66. The second-order valence-electron chi connectivity index (χ2n) is 4.16. The molecule has 3 unspecified atom stereocenters. The van der Waals surface area contributed by atoms with Crippen molar-refractivity contribution in [1.29, 1.82) is 0 Å². The number of carbonyl (C=O) groups is 2. The highest BCUT2D eigenvalue weighted by atomic mass is 16.2. The summed E-state index contributed by atoms with van der Waals surface area (Å²) in [5.74, 6) is 1.09. The molecule has 1 aliphatic carbocycles. The number of fused-ring (bicyclic) bond motifs is 1. The third-order valence-electron chi connectivity index (χ3n) is 3.37. The molecule has 2 aliphatic rings. The van der Waals surface area contributed by atoms with E-state index in [4.69, 9.17) is 0 Å². The van der Waals surface area contributed by atoms with Crippen LogP contribution in [0.1, 0.15) is 25.7 Å². The number of aldehydes is 1. The third kappa shape index (κ3) is 1.60. The molecule has 1 N–H and O–H groups in total. The first-order chi connectivity index (χ1) is 6.31. The Morgan fingerprint density at radius 3 is 2.92 bits per heavy atom. The van der Waals surface area contributed by atoms with Gasteiger partial charge in [-0.25, -0.2) is 0 Å². The van der Waals surface area contributed by atoms with Gasteiger partial charge in [-0.3, -0.25) is 4.79 Å². The summed E-state index contributed by atoms with van der Waals surface area (Å²) in [7, 11) is 0. The highest BCUT2D eigenvalue weighted by Gasteiger charge is 2.36. The molecule has 3 nitrogen and oxygen atoms in total. The SMILES string of the molecule is O=CC1CCC2C(=O)NCCC2C1. The molecule has 13 heavy (non-hydrogen) atoms. The Balaban J connectivity index is 2.03. The standard InChI is InChI=1S/C10H15NO2/c12-6-7-1-2-9-8(5-7)3-4-11-10(9)13/h6-9H,1-5H2,(H,11,13). The van der Waals surface area contributed by atoms with Crippen LogP contribution >= 0.6 is 0 Å². The molecule has 0 radical (unpaired) electrons. The molecule has 0 aromatic carbocycles. The van der Waals surface area contributed by atoms with Gasteiger partial charge in [-0.05, 0) is 31.6 Å². The molecular formula is C10H15NO2. The summed E-state index contributed by atoms with van der Waals surface area (Å²) in [6.45, 7) is 0.797. The van der Waals surface area contributed by atoms with Crippen molar-refractivity contribution < 1.29 is 9.59 Å². The van der Waals surface area contributed by atoms with Crippen LogP contribution < -0.4 is 5.32 Å². The molecule has 1 heterocycles. The summed E-state index contributed by atoms with van der Waals surface area (Å²) in [5.41, 5.74) is 0. The summed E-state index contributed by atoms with van der Waals surface area (Å²) in [6.07, 6.45) is 4.85. The van der Waals surface area contributed by atoms with Crippen molar-refractivity contribution in [2.24, 2.45) is 17.8 Å². The zero-order chi connectivity index (χ0) is 9.26. The Bertz CT molecular complexity index is 227. The van der Waals surface area contributed by atoms with E-state index in [2.05, 4.69) is 5.32 Å². The third-order valence-corrected chi connectivity index (χ3v) is 3.37. The number of hydrogen-bond donors (Lipinski definition) is 1. The fourth-order valence-electron chi connectivity index (χ4n) is 2.60. The lowest BCUT2D eigenvalue weighted by atomic mass is 9.71. The molecule has 72 valence electrons. The van der Waals surface area contributed by atoms with E-state index >= 15 is 0 Å². The maximum atomic E-state index is 11.4. The lowest BCUT2D eigenvalue weighted by Gasteiger charge is -2.36. The molecule has 1 saturated carbocycles. The van der Waals surface area contributed by atoms with Crippen LogP contribution in [0.4, 0.5) is 0 Å². The second kappa shape index (κ2) is 3.48. The van der Waals surface area contributed by atoms with Crippen molar-refractivity contribution in [3.63, 3.8) is 0 Å². The maximum Gasteiger partial charge on any atom is 0.223 e. The second-order valence-corrected chi connectivity index (χ2v) is 4.16. The fraction of sp³-hybridized carbons (Fsp3) is 0.800. The smallest absolute Gasteiger partial charge is 0.223 e. The number of hydrogen-bond acceptors (Lipinski definition) is 2. The van der Waals surface area contributed by atoms with Crippen LogP contribution in [-0.2, 0) is 9.59 Å². The summed E-state index contributed by atoms with van der Waals surface area (Å²) in [6, 6.07) is 0. The zero-order valence-corrected chi connectivity index (χ0v) is 7.66. The van der Waals surface area contributed by atoms with Gasteiger partial charge in [-0.15, -0.1) is 0 Å². The highest BCUT2D eigenvalue weighted by Crippen LogP contribution is 2.36. The van der Waals surface area contributed by atoms with E-state index in [1.165, 1.54) is 0 Å². The molecule has 1 saturated heterocycles. The minimum Gasteiger partial charge on any atom is -0.356 e. The average Bonchev–Trinajstić information content (AvgIpc) is 2.18. The molecule has 0 aromatic heterocycles. The van der Waals surface area contributed by atoms with Gasteiger partial charge in [0.2, 0.25) is 5.91 Å². The van der Waals surface area contributed by atoms with Gasteiger partial charge >= 0.3 is 0 Å². The summed E-state index contributed by atoms with van der Waals surface area (Å²) >= 11 is 0. The van der Waals surface area contributed by atoms with Gasteiger partial charge < -0.3 is 10.1 Å². The van der Waals surface area contributed by atoms with E-state index in [1.54, 1.807) is 0 Å². The molecule has 0 spiro atoms. The molecular weight excluding hydrogens is 166 g/mol. The van der Waals surface area contributed by atoms with Crippen LogP contribution in [-0.4, -0.2) is 18.7 Å². The molecule has 3 atom stereocenters. The Labute approximate surface area is 77.9 Å². The maximum absolute atomic E-state index is 11.4. The van der Waals surface area contributed by atoms with E-state index in [1.807, 2.05) is 0 Å². The first-order valence-electron chi connectivity index (χ1n) is 5.04. The van der Waals surface area contributed by atoms with Crippen LogP contribution in [0.3, 0.4) is 0 Å². The Morgan fingerprint density at radius 2 is 2.15 bits per heavy atom. The van der Waals surface area contributed by atoms with E-state index in [-0.39, 0.29) is 17.7 Å². The number of amides is 1. The minimum atomic E-state index is 0.199. The fourth-order valence-corrected chi connectivity index (χ4v) is 2.60. The highest BCUT2D eigenvalue weighted by molar-refractivity contribution is 5.80. The van der Waals surface area contributed by atoms with Crippen LogP contribution in [0, 0.1) is 17.8 Å². The predicted octanol–water partition coefficient (Wildman–Crippen LogP) is 0.738. The molecule has 1 aliphatic heterocycles.